The average Bonchev–Trinajstić information content (AvgIpc) is 3.52. The van der Waals surface area contributed by atoms with E-state index in [1.807, 2.05) is 12.1 Å². The molecule has 2 heterocycles. The quantitative estimate of drug-likeness (QED) is 0.279. The van der Waals surface area contributed by atoms with Gasteiger partial charge in [-0.25, -0.2) is 0 Å². The maximum Gasteiger partial charge on any atom is 0.291 e. The Morgan fingerprint density at radius 2 is 1.49 bits per heavy atom. The summed E-state index contributed by atoms with van der Waals surface area (Å²) in [5, 5.41) is 6.00. The molecule has 0 unspecified atom stereocenters. The molecule has 1 aliphatic heterocycles. The fraction of sp³-hybridized carbons (Fsp3) is 0.294. The molecule has 0 bridgehead atoms. The van der Waals surface area contributed by atoms with Crippen molar-refractivity contribution in [1.82, 2.24) is 5.32 Å². The Bertz CT molecular complexity index is 1500. The number of nitrogens with zero attached hydrogens (tertiary/aromatic N) is 2. The van der Waals surface area contributed by atoms with Crippen LogP contribution in [0.5, 0.6) is 0 Å². The van der Waals surface area contributed by atoms with Crippen LogP contribution in [0.2, 0.25) is 0 Å². The minimum atomic E-state index is -0.355. The summed E-state index contributed by atoms with van der Waals surface area (Å²) in [5.74, 6) is -0.338. The molecular formula is C34H38N4O3. The number of nitrogens with one attached hydrogen (secondary N) is 2. The highest BCUT2D eigenvalue weighted by molar-refractivity contribution is 6.05. The maximum absolute atomic E-state index is 13.2. The van der Waals surface area contributed by atoms with Crippen molar-refractivity contribution in [3.8, 4) is 0 Å². The summed E-state index contributed by atoms with van der Waals surface area (Å²) in [6, 6.07) is 25.5. The Balaban J connectivity index is 1.32. The molecule has 1 aliphatic rings. The maximum atomic E-state index is 13.2. The van der Waals surface area contributed by atoms with Gasteiger partial charge in [0.25, 0.3) is 11.8 Å². The van der Waals surface area contributed by atoms with Crippen molar-refractivity contribution in [2.75, 3.05) is 41.3 Å². The van der Waals surface area contributed by atoms with Gasteiger partial charge < -0.3 is 24.9 Å². The van der Waals surface area contributed by atoms with E-state index in [1.165, 1.54) is 23.1 Å². The van der Waals surface area contributed by atoms with Gasteiger partial charge in [-0.3, -0.25) is 9.59 Å². The first-order chi connectivity index (χ1) is 19.7. The van der Waals surface area contributed by atoms with Gasteiger partial charge in [-0.05, 0) is 65.4 Å². The third kappa shape index (κ3) is 6.62. The van der Waals surface area contributed by atoms with Gasteiger partial charge in [0.2, 0.25) is 0 Å². The number of carbonyl (C=O) groups excluding carboxylic acids is 2. The third-order valence-corrected chi connectivity index (χ3v) is 7.60. The minimum absolute atomic E-state index is 0.0765. The number of hydrogen-bond acceptors (Lipinski definition) is 5. The van der Waals surface area contributed by atoms with Gasteiger partial charge in [0.05, 0.1) is 17.6 Å². The van der Waals surface area contributed by atoms with Gasteiger partial charge in [-0.1, -0.05) is 63.2 Å². The summed E-state index contributed by atoms with van der Waals surface area (Å²) in [4.78, 5) is 30.8. The Morgan fingerprint density at radius 3 is 2.12 bits per heavy atom. The van der Waals surface area contributed by atoms with E-state index in [-0.39, 0.29) is 23.0 Å². The van der Waals surface area contributed by atoms with E-state index in [9.17, 15) is 9.59 Å². The van der Waals surface area contributed by atoms with Crippen molar-refractivity contribution in [3.05, 3.63) is 113 Å². The zero-order valence-corrected chi connectivity index (χ0v) is 24.2. The number of aryl methyl sites for hydroxylation is 1. The van der Waals surface area contributed by atoms with Crippen LogP contribution in [-0.4, -0.2) is 38.0 Å². The number of carbonyl (C=O) groups is 2. The normalized spacial score (nSPS) is 13.7. The molecule has 212 valence electrons. The number of para-hydroxylation sites is 1. The van der Waals surface area contributed by atoms with Crippen molar-refractivity contribution in [3.63, 3.8) is 0 Å². The van der Waals surface area contributed by atoms with Gasteiger partial charge in [-0.2, -0.15) is 0 Å². The van der Waals surface area contributed by atoms with Crippen molar-refractivity contribution in [1.29, 1.82) is 0 Å². The van der Waals surface area contributed by atoms with Gasteiger partial charge in [0.15, 0.2) is 5.76 Å². The van der Waals surface area contributed by atoms with Crippen LogP contribution < -0.4 is 20.4 Å². The van der Waals surface area contributed by atoms with Gasteiger partial charge in [0, 0.05) is 44.0 Å². The van der Waals surface area contributed by atoms with Crippen LogP contribution in [0.15, 0.2) is 89.5 Å². The number of rotatable bonds is 7. The average molecular weight is 551 g/mol. The molecule has 3 aromatic carbocycles. The van der Waals surface area contributed by atoms with Crippen molar-refractivity contribution in [2.45, 2.75) is 39.7 Å². The fourth-order valence-electron chi connectivity index (χ4n) is 5.16. The molecule has 0 saturated carbocycles. The lowest BCUT2D eigenvalue weighted by molar-refractivity contribution is 0.0949. The molecular weight excluding hydrogens is 512 g/mol. The smallest absolute Gasteiger partial charge is 0.291 e. The molecule has 5 rings (SSSR count). The lowest BCUT2D eigenvalue weighted by atomic mass is 9.87. The summed E-state index contributed by atoms with van der Waals surface area (Å²) >= 11 is 0. The highest BCUT2D eigenvalue weighted by Crippen LogP contribution is 2.31. The topological polar surface area (TPSA) is 77.8 Å². The van der Waals surface area contributed by atoms with Crippen LogP contribution >= 0.6 is 0 Å². The molecule has 7 nitrogen and oxygen atoms in total. The summed E-state index contributed by atoms with van der Waals surface area (Å²) in [6.07, 6.45) is 1.47. The number of piperazine rings is 1. The van der Waals surface area contributed by atoms with Crippen LogP contribution in [0.3, 0.4) is 0 Å². The molecule has 41 heavy (non-hydrogen) atoms. The standard InChI is InChI=1S/C34H38N4O3/c1-24-8-5-6-9-29(24)37-17-19-38(20-18-37)30-16-13-26(22-28(30)36-33(40)31-10-7-21-41-31)32(39)35-23-25-11-14-27(15-12-25)34(2,3)4/h5-16,21-22H,17-20,23H2,1-4H3,(H,35,39)(H,36,40). The molecule has 7 heteroatoms. The molecule has 2 N–H and O–H groups in total. The molecule has 4 aromatic rings. The van der Waals surface area contributed by atoms with Gasteiger partial charge in [0.1, 0.15) is 0 Å². The molecule has 2 amide bonds. The minimum Gasteiger partial charge on any atom is -0.459 e. The summed E-state index contributed by atoms with van der Waals surface area (Å²) in [5.41, 5.74) is 6.80. The van der Waals surface area contributed by atoms with Crippen LogP contribution in [0.25, 0.3) is 0 Å². The molecule has 1 aromatic heterocycles. The predicted octanol–water partition coefficient (Wildman–Crippen LogP) is 6.39. The summed E-state index contributed by atoms with van der Waals surface area (Å²) in [7, 11) is 0. The Labute approximate surface area is 242 Å². The Hall–Kier alpha value is -4.52. The van der Waals surface area contributed by atoms with Gasteiger partial charge >= 0.3 is 0 Å². The van der Waals surface area contributed by atoms with E-state index in [4.69, 9.17) is 4.42 Å². The summed E-state index contributed by atoms with van der Waals surface area (Å²) in [6.45, 7) is 12.4. The Morgan fingerprint density at radius 1 is 0.805 bits per heavy atom. The predicted molar refractivity (Wildman–Crippen MR) is 165 cm³/mol. The van der Waals surface area contributed by atoms with E-state index < -0.39 is 0 Å². The van der Waals surface area contributed by atoms with E-state index >= 15 is 0 Å². The Kier molecular flexibility index (Phi) is 8.15. The van der Waals surface area contributed by atoms with Crippen LogP contribution in [0, 0.1) is 6.92 Å². The second kappa shape index (κ2) is 11.9. The number of furan rings is 1. The lowest BCUT2D eigenvalue weighted by Gasteiger charge is -2.38. The van der Waals surface area contributed by atoms with Crippen LogP contribution in [0.1, 0.15) is 58.4 Å². The number of hydrogen-bond donors (Lipinski definition) is 2. The molecule has 0 radical (unpaired) electrons. The number of anilines is 3. The largest absolute Gasteiger partial charge is 0.459 e. The van der Waals surface area contributed by atoms with Crippen molar-refractivity contribution >= 4 is 28.9 Å². The molecule has 1 fully saturated rings. The highest BCUT2D eigenvalue weighted by Gasteiger charge is 2.23. The lowest BCUT2D eigenvalue weighted by Crippen LogP contribution is -2.47. The second-order valence-corrected chi connectivity index (χ2v) is 11.6. The SMILES string of the molecule is Cc1ccccc1N1CCN(c2ccc(C(=O)NCc3ccc(C(C)(C)C)cc3)cc2NC(=O)c2ccco2)CC1. The fourth-order valence-corrected chi connectivity index (χ4v) is 5.16. The molecule has 0 aliphatic carbocycles. The first-order valence-electron chi connectivity index (χ1n) is 14.1. The van der Waals surface area contributed by atoms with E-state index in [1.54, 1.807) is 18.2 Å². The van der Waals surface area contributed by atoms with Crippen molar-refractivity contribution in [2.24, 2.45) is 0 Å². The van der Waals surface area contributed by atoms with E-state index in [2.05, 4.69) is 96.7 Å². The van der Waals surface area contributed by atoms with Crippen LogP contribution in [-0.2, 0) is 12.0 Å². The molecule has 0 atom stereocenters. The third-order valence-electron chi connectivity index (χ3n) is 7.60. The zero-order valence-electron chi connectivity index (χ0n) is 24.2. The molecule has 0 spiro atoms. The van der Waals surface area contributed by atoms with Crippen LogP contribution in [0.4, 0.5) is 17.1 Å². The molecule has 1 saturated heterocycles. The second-order valence-electron chi connectivity index (χ2n) is 11.6. The number of amides is 2. The highest BCUT2D eigenvalue weighted by atomic mass is 16.3. The number of benzene rings is 3. The first kappa shape index (κ1) is 28.0. The van der Waals surface area contributed by atoms with Gasteiger partial charge in [-0.15, -0.1) is 0 Å². The monoisotopic (exact) mass is 550 g/mol. The zero-order chi connectivity index (χ0) is 29.0. The van der Waals surface area contributed by atoms with E-state index in [0.29, 0.717) is 17.8 Å². The van der Waals surface area contributed by atoms with E-state index in [0.717, 1.165) is 37.4 Å². The first-order valence-corrected chi connectivity index (χ1v) is 14.1. The van der Waals surface area contributed by atoms with Crippen molar-refractivity contribution < 1.29 is 14.0 Å². The summed E-state index contributed by atoms with van der Waals surface area (Å²) < 4.78 is 5.31.